The molecule has 4 heteroatoms. The second-order valence-corrected chi connectivity index (χ2v) is 1.84. The molecule has 0 N–H and O–H groups in total. The summed E-state index contributed by atoms with van der Waals surface area (Å²) < 4.78 is 0. The van der Waals surface area contributed by atoms with Gasteiger partial charge in [-0.2, -0.15) is 0 Å². The third-order valence-electron chi connectivity index (χ3n) is 1.21. The fourth-order valence-corrected chi connectivity index (χ4v) is 0.760. The van der Waals surface area contributed by atoms with E-state index in [2.05, 4.69) is 20.4 Å². The van der Waals surface area contributed by atoms with E-state index < -0.39 is 0 Å². The summed E-state index contributed by atoms with van der Waals surface area (Å²) in [7, 11) is 0. The summed E-state index contributed by atoms with van der Waals surface area (Å²) >= 11 is 0. The smallest absolute Gasteiger partial charge is 0.115 e. The van der Waals surface area contributed by atoms with Crippen molar-refractivity contribution >= 4 is 0 Å². The molecule has 0 fully saturated rings. The Morgan fingerprint density at radius 3 is 2.90 bits per heavy atom. The Balaban J connectivity index is 2.74. The number of aromatic nitrogens is 4. The van der Waals surface area contributed by atoms with Crippen LogP contribution in [0.3, 0.4) is 0 Å². The minimum Gasteiger partial charge on any atom is -0.254 e. The molecule has 0 bridgehead atoms. The Bertz CT molecular complexity index is 281. The number of nitrogens with zero attached hydrogens (tertiary/aromatic N) is 4. The molecule has 0 saturated carbocycles. The molecular formula is C6H4N4. The first kappa shape index (κ1) is 5.22. The number of rotatable bonds is 0. The second kappa shape index (κ2) is 1.98. The second-order valence-electron chi connectivity index (χ2n) is 1.84. The fourth-order valence-electron chi connectivity index (χ4n) is 0.760. The average molecular weight is 132 g/mol. The van der Waals surface area contributed by atoms with Gasteiger partial charge in [0.25, 0.3) is 0 Å². The van der Waals surface area contributed by atoms with E-state index >= 15 is 0 Å². The summed E-state index contributed by atoms with van der Waals surface area (Å²) in [6.07, 6.45) is 3.27. The molecule has 4 nitrogen and oxygen atoms in total. The van der Waals surface area contributed by atoms with Crippen molar-refractivity contribution in [3.63, 3.8) is 0 Å². The van der Waals surface area contributed by atoms with Crippen LogP contribution in [0, 0.1) is 0 Å². The monoisotopic (exact) mass is 132 g/mol. The van der Waals surface area contributed by atoms with Crippen LogP contribution in [0.1, 0.15) is 0 Å². The molecule has 0 aromatic carbocycles. The Morgan fingerprint density at radius 1 is 1.00 bits per heavy atom. The minimum absolute atomic E-state index is 0.775. The number of hydrogen-bond donors (Lipinski definition) is 0. The SMILES string of the molecule is c1cc2nccc-2nnn1. The highest BCUT2D eigenvalue weighted by Gasteiger charge is 2.00. The Morgan fingerprint density at radius 2 is 1.90 bits per heavy atom. The lowest BCUT2D eigenvalue weighted by Gasteiger charge is -1.80. The van der Waals surface area contributed by atoms with Gasteiger partial charge in [-0.15, -0.1) is 10.2 Å². The number of hydrogen-bond acceptors (Lipinski definition) is 4. The summed E-state index contributed by atoms with van der Waals surface area (Å²) in [5.74, 6) is 0. The van der Waals surface area contributed by atoms with Crippen LogP contribution < -0.4 is 0 Å². The van der Waals surface area contributed by atoms with E-state index in [1.165, 1.54) is 0 Å². The largest absolute Gasteiger partial charge is 0.254 e. The molecule has 0 amide bonds. The van der Waals surface area contributed by atoms with Gasteiger partial charge in [-0.3, -0.25) is 4.98 Å². The van der Waals surface area contributed by atoms with Crippen LogP contribution in [-0.4, -0.2) is 20.4 Å². The lowest BCUT2D eigenvalue weighted by molar-refractivity contribution is 0.896. The molecule has 0 spiro atoms. The van der Waals surface area contributed by atoms with Gasteiger partial charge in [-0.1, -0.05) is 0 Å². The zero-order chi connectivity index (χ0) is 6.81. The lowest BCUT2D eigenvalue weighted by atomic mass is 10.3. The van der Waals surface area contributed by atoms with Gasteiger partial charge in [0.05, 0.1) is 11.9 Å². The molecule has 2 aliphatic heterocycles. The zero-order valence-corrected chi connectivity index (χ0v) is 5.10. The van der Waals surface area contributed by atoms with Crippen LogP contribution in [0.25, 0.3) is 11.4 Å². The van der Waals surface area contributed by atoms with Gasteiger partial charge in [-0.05, 0) is 17.3 Å². The number of fused-ring (bicyclic) bond motifs is 1. The molecule has 2 rings (SSSR count). The van der Waals surface area contributed by atoms with Crippen molar-refractivity contribution in [1.29, 1.82) is 0 Å². The molecule has 48 valence electrons. The molecule has 2 heterocycles. The van der Waals surface area contributed by atoms with Gasteiger partial charge >= 0.3 is 0 Å². The summed E-state index contributed by atoms with van der Waals surface area (Å²) in [6, 6.07) is 3.57. The molecule has 0 saturated heterocycles. The van der Waals surface area contributed by atoms with Crippen molar-refractivity contribution < 1.29 is 0 Å². The molecule has 0 aromatic rings. The minimum atomic E-state index is 0.775. The van der Waals surface area contributed by atoms with Crippen molar-refractivity contribution in [2.75, 3.05) is 0 Å². The van der Waals surface area contributed by atoms with Crippen LogP contribution in [0.15, 0.2) is 24.5 Å². The molecule has 0 atom stereocenters. The summed E-state index contributed by atoms with van der Waals surface area (Å²) in [6.45, 7) is 0. The normalized spacial score (nSPS) is 10.0. The Kier molecular flexibility index (Phi) is 1.04. The first-order chi connectivity index (χ1) is 4.97. The van der Waals surface area contributed by atoms with Crippen LogP contribution in [0.4, 0.5) is 0 Å². The third-order valence-corrected chi connectivity index (χ3v) is 1.21. The van der Waals surface area contributed by atoms with E-state index in [1.54, 1.807) is 24.5 Å². The molecule has 0 aromatic heterocycles. The van der Waals surface area contributed by atoms with Gasteiger partial charge in [0.1, 0.15) is 5.69 Å². The van der Waals surface area contributed by atoms with Gasteiger partial charge in [-0.25, -0.2) is 0 Å². The van der Waals surface area contributed by atoms with Crippen LogP contribution in [0.2, 0.25) is 0 Å². The van der Waals surface area contributed by atoms with Gasteiger partial charge in [0, 0.05) is 6.20 Å². The standard InChI is InChI=1S/C6H4N4/c1-3-7-5-2-4-8-10-9-6(1)5/h1-4H. The van der Waals surface area contributed by atoms with Crippen LogP contribution in [0.5, 0.6) is 0 Å². The molecule has 10 heavy (non-hydrogen) atoms. The average Bonchev–Trinajstić information content (AvgIpc) is 2.28. The van der Waals surface area contributed by atoms with Gasteiger partial charge < -0.3 is 0 Å². The quantitative estimate of drug-likeness (QED) is 0.519. The van der Waals surface area contributed by atoms with E-state index in [9.17, 15) is 0 Å². The van der Waals surface area contributed by atoms with Crippen molar-refractivity contribution in [3.8, 4) is 11.4 Å². The summed E-state index contributed by atoms with van der Waals surface area (Å²) in [5, 5.41) is 10.9. The Hall–Kier alpha value is -1.58. The maximum atomic E-state index is 4.02. The predicted octanol–water partition coefficient (Wildman–Crippen LogP) is 0.371. The molecular weight excluding hydrogens is 128 g/mol. The first-order valence-corrected chi connectivity index (χ1v) is 2.86. The first-order valence-electron chi connectivity index (χ1n) is 2.86. The highest BCUT2D eigenvalue weighted by Crippen LogP contribution is 2.11. The maximum absolute atomic E-state index is 4.02. The molecule has 0 radical (unpaired) electrons. The van der Waals surface area contributed by atoms with Crippen molar-refractivity contribution in [3.05, 3.63) is 24.5 Å². The molecule has 2 aliphatic rings. The van der Waals surface area contributed by atoms with Crippen LogP contribution >= 0.6 is 0 Å². The van der Waals surface area contributed by atoms with Crippen molar-refractivity contribution in [1.82, 2.24) is 20.4 Å². The highest BCUT2D eigenvalue weighted by molar-refractivity contribution is 5.53. The van der Waals surface area contributed by atoms with E-state index in [1.807, 2.05) is 0 Å². The van der Waals surface area contributed by atoms with Gasteiger partial charge in [0.15, 0.2) is 0 Å². The Labute approximate surface area is 57.3 Å². The van der Waals surface area contributed by atoms with E-state index in [0.29, 0.717) is 0 Å². The molecule has 0 aliphatic carbocycles. The van der Waals surface area contributed by atoms with E-state index in [4.69, 9.17) is 0 Å². The zero-order valence-electron chi connectivity index (χ0n) is 5.10. The van der Waals surface area contributed by atoms with Crippen molar-refractivity contribution in [2.45, 2.75) is 0 Å². The predicted molar refractivity (Wildman–Crippen MR) is 34.2 cm³/mol. The summed E-state index contributed by atoms with van der Waals surface area (Å²) in [4.78, 5) is 4.02. The fraction of sp³-hybridized carbons (Fsp3) is 0. The van der Waals surface area contributed by atoms with Crippen molar-refractivity contribution in [2.24, 2.45) is 0 Å². The van der Waals surface area contributed by atoms with E-state index in [0.717, 1.165) is 11.4 Å². The summed E-state index contributed by atoms with van der Waals surface area (Å²) in [5.41, 5.74) is 1.60. The third kappa shape index (κ3) is 0.699. The topological polar surface area (TPSA) is 51.6 Å². The maximum Gasteiger partial charge on any atom is 0.115 e. The van der Waals surface area contributed by atoms with Gasteiger partial charge in [0.2, 0.25) is 0 Å². The highest BCUT2D eigenvalue weighted by atomic mass is 15.3. The molecule has 0 unspecified atom stereocenters. The van der Waals surface area contributed by atoms with Crippen LogP contribution in [-0.2, 0) is 0 Å². The van der Waals surface area contributed by atoms with E-state index in [-0.39, 0.29) is 0 Å². The lowest BCUT2D eigenvalue weighted by Crippen LogP contribution is -1.77.